The van der Waals surface area contributed by atoms with Crippen LogP contribution in [0.1, 0.15) is 19.7 Å². The molecule has 0 N–H and O–H groups in total. The average Bonchev–Trinajstić information content (AvgIpc) is 2.62. The first-order valence-electron chi connectivity index (χ1n) is 7.99. The molecule has 0 amide bonds. The van der Waals surface area contributed by atoms with Crippen LogP contribution in [-0.2, 0) is 0 Å². The van der Waals surface area contributed by atoms with Gasteiger partial charge in [0.05, 0.1) is 5.70 Å². The Hall–Kier alpha value is -2.15. The molecule has 0 atom stereocenters. The second-order valence-electron chi connectivity index (χ2n) is 5.31. The number of halogens is 1. The van der Waals surface area contributed by atoms with Gasteiger partial charge in [0.15, 0.2) is 5.82 Å². The van der Waals surface area contributed by atoms with Gasteiger partial charge >= 0.3 is 0 Å². The van der Waals surface area contributed by atoms with E-state index in [2.05, 4.69) is 38.5 Å². The number of hydrogen-bond donors (Lipinski definition) is 0. The molecule has 0 fully saturated rings. The molecule has 1 aromatic carbocycles. The predicted octanol–water partition coefficient (Wildman–Crippen LogP) is 5.05. The highest BCUT2D eigenvalue weighted by molar-refractivity contribution is 14.2. The number of likely N-dealkylation sites (N-methyl/N-ethyl adjacent to an activating group) is 1. The van der Waals surface area contributed by atoms with E-state index in [9.17, 15) is 0 Å². The van der Waals surface area contributed by atoms with Gasteiger partial charge in [-0.1, -0.05) is 69.8 Å². The van der Waals surface area contributed by atoms with Crippen LogP contribution in [0.2, 0.25) is 0 Å². The van der Waals surface area contributed by atoms with E-state index in [0.29, 0.717) is 17.6 Å². The van der Waals surface area contributed by atoms with E-state index in [0.717, 1.165) is 11.3 Å². The van der Waals surface area contributed by atoms with Gasteiger partial charge in [0.2, 0.25) is 5.95 Å². The molecule has 0 saturated heterocycles. The van der Waals surface area contributed by atoms with Crippen LogP contribution in [0.3, 0.4) is 0 Å². The molecular weight excluding hydrogens is 423 g/mol. The maximum absolute atomic E-state index is 4.66. The zero-order chi connectivity index (χ0) is 18.2. The molecule has 0 bridgehead atoms. The molecule has 1 aromatic heterocycles. The van der Waals surface area contributed by atoms with Gasteiger partial charge in [0.1, 0.15) is 5.82 Å². The maximum atomic E-state index is 4.66. The zero-order valence-electron chi connectivity index (χ0n) is 15.1. The number of hydrogen-bond acceptors (Lipinski definition) is 4. The first-order chi connectivity index (χ1) is 12.1. The second kappa shape index (κ2) is 9.36. The number of anilines is 1. The molecule has 2 rings (SSSR count). The molecule has 0 saturated carbocycles. The minimum atomic E-state index is -0.193. The summed E-state index contributed by atoms with van der Waals surface area (Å²) in [7, 11) is 1.98. The summed E-state index contributed by atoms with van der Waals surface area (Å²) in [6, 6.07) is 9.96. The van der Waals surface area contributed by atoms with Crippen molar-refractivity contribution in [3.05, 3.63) is 70.2 Å². The molecule has 4 nitrogen and oxygen atoms in total. The lowest BCUT2D eigenvalue weighted by Crippen LogP contribution is -2.20. The molecule has 25 heavy (non-hydrogen) atoms. The minimum absolute atomic E-state index is 0.193. The molecule has 5 heteroatoms. The van der Waals surface area contributed by atoms with Crippen LogP contribution in [0, 0.1) is 6.92 Å². The number of allylic oxidation sites excluding steroid dienone is 4. The fourth-order valence-electron chi connectivity index (χ4n) is 2.21. The van der Waals surface area contributed by atoms with Gasteiger partial charge in [-0.3, -0.25) is 0 Å². The van der Waals surface area contributed by atoms with Crippen molar-refractivity contribution in [2.75, 3.05) is 11.9 Å². The van der Waals surface area contributed by atoms with Crippen molar-refractivity contribution in [3.63, 3.8) is 0 Å². The van der Waals surface area contributed by atoms with Gasteiger partial charge in [-0.2, -0.15) is 9.97 Å². The molecular formula is C20H23IN4. The summed E-state index contributed by atoms with van der Waals surface area (Å²) in [5.41, 5.74) is 2.04. The summed E-state index contributed by atoms with van der Waals surface area (Å²) in [5, 5.41) is 0. The summed E-state index contributed by atoms with van der Waals surface area (Å²) in [5.74, 6) is 2.02. The Labute approximate surface area is 159 Å². The summed E-state index contributed by atoms with van der Waals surface area (Å²) in [6.07, 6.45) is 6.02. The van der Waals surface area contributed by atoms with Gasteiger partial charge in [-0.15, -0.1) is 0 Å². The molecule has 130 valence electrons. The lowest BCUT2D eigenvalue weighted by molar-refractivity contribution is 0.927. The highest BCUT2D eigenvalue weighted by Gasteiger charge is 2.13. The number of nitrogens with zero attached hydrogens (tertiary/aromatic N) is 4. The van der Waals surface area contributed by atoms with Gasteiger partial charge in [0, 0.05) is 16.2 Å². The fraction of sp³-hybridized carbons (Fsp3) is 0.200. The third kappa shape index (κ3) is 5.16. The highest BCUT2D eigenvalue weighted by atomic mass is 127. The standard InChI is InChI=1S/C20H23IN4/c1-6-8-14-21-15(3)18(7-2)25(5)20-23-16(4)22-19(24-20)17-12-10-9-11-13-17/h6-14H,2H2,1,3-5H3/b8-6-,18-15-. The molecule has 0 aliphatic heterocycles. The van der Waals surface area contributed by atoms with Gasteiger partial charge in [-0.05, 0) is 30.9 Å². The topological polar surface area (TPSA) is 41.9 Å². The number of aryl methyl sites for hydroxylation is 1. The van der Waals surface area contributed by atoms with Crippen LogP contribution >= 0.6 is 20.7 Å². The van der Waals surface area contributed by atoms with Crippen molar-refractivity contribution in [2.45, 2.75) is 20.8 Å². The van der Waals surface area contributed by atoms with Crippen LogP contribution < -0.4 is 4.90 Å². The third-order valence-corrected chi connectivity index (χ3v) is 5.73. The number of benzene rings is 1. The first kappa shape index (κ1) is 19.2. The van der Waals surface area contributed by atoms with Crippen molar-refractivity contribution in [2.24, 2.45) is 0 Å². The van der Waals surface area contributed by atoms with E-state index >= 15 is 0 Å². The average molecular weight is 446 g/mol. The van der Waals surface area contributed by atoms with E-state index in [1.54, 1.807) is 0 Å². The van der Waals surface area contributed by atoms with E-state index in [1.165, 1.54) is 3.58 Å². The normalized spacial score (nSPS) is 12.8. The van der Waals surface area contributed by atoms with Crippen LogP contribution in [-0.4, -0.2) is 26.0 Å². The molecule has 0 spiro atoms. The quantitative estimate of drug-likeness (QED) is 0.460. The van der Waals surface area contributed by atoms with E-state index in [-0.39, 0.29) is 20.7 Å². The van der Waals surface area contributed by atoms with Crippen molar-refractivity contribution in [1.29, 1.82) is 0 Å². The lowest BCUT2D eigenvalue weighted by Gasteiger charge is -2.20. The van der Waals surface area contributed by atoms with Gasteiger partial charge < -0.3 is 4.90 Å². The Bertz CT molecular complexity index is 823. The largest absolute Gasteiger partial charge is 0.313 e. The Kier molecular flexibility index (Phi) is 7.18. The first-order valence-corrected chi connectivity index (χ1v) is 10.3. The monoisotopic (exact) mass is 446 g/mol. The second-order valence-corrected chi connectivity index (χ2v) is 8.28. The SMILES string of the molecule is C=C/C(=C(C)/I=C\C=C/C)N(C)c1nc(C)nc(-c2ccccc2)n1. The number of aromatic nitrogens is 3. The van der Waals surface area contributed by atoms with Gasteiger partial charge in [-0.25, -0.2) is 4.98 Å². The van der Waals surface area contributed by atoms with Crippen molar-refractivity contribution < 1.29 is 0 Å². The maximum Gasteiger partial charge on any atom is 0.233 e. The van der Waals surface area contributed by atoms with Crippen LogP contribution in [0.15, 0.2) is 64.4 Å². The Morgan fingerprint density at radius 1 is 1.16 bits per heavy atom. The molecule has 1 heterocycles. The Balaban J connectivity index is 2.44. The third-order valence-electron chi connectivity index (χ3n) is 3.47. The van der Waals surface area contributed by atoms with Crippen molar-refractivity contribution in [1.82, 2.24) is 15.0 Å². The molecule has 0 unspecified atom stereocenters. The predicted molar refractivity (Wildman–Crippen MR) is 116 cm³/mol. The van der Waals surface area contributed by atoms with Crippen molar-refractivity contribution >= 4 is 30.7 Å². The van der Waals surface area contributed by atoms with Gasteiger partial charge in [0.25, 0.3) is 0 Å². The number of rotatable bonds is 6. The van der Waals surface area contributed by atoms with Crippen LogP contribution in [0.5, 0.6) is 0 Å². The van der Waals surface area contributed by atoms with Crippen molar-refractivity contribution in [3.8, 4) is 11.4 Å². The van der Waals surface area contributed by atoms with E-state index < -0.39 is 0 Å². The summed E-state index contributed by atoms with van der Waals surface area (Å²) < 4.78 is 3.55. The molecule has 0 aliphatic carbocycles. The van der Waals surface area contributed by atoms with Crippen LogP contribution in [0.25, 0.3) is 11.4 Å². The fourth-order valence-corrected chi connectivity index (χ4v) is 4.27. The molecule has 0 radical (unpaired) electrons. The minimum Gasteiger partial charge on any atom is -0.313 e. The van der Waals surface area contributed by atoms with E-state index in [1.807, 2.05) is 68.3 Å². The summed E-state index contributed by atoms with van der Waals surface area (Å²) in [4.78, 5) is 15.6. The summed E-state index contributed by atoms with van der Waals surface area (Å²) in [6.45, 7) is 10.0. The zero-order valence-corrected chi connectivity index (χ0v) is 17.2. The van der Waals surface area contributed by atoms with Crippen LogP contribution in [0.4, 0.5) is 5.95 Å². The lowest BCUT2D eigenvalue weighted by atomic mass is 10.2. The smallest absolute Gasteiger partial charge is 0.233 e. The summed E-state index contributed by atoms with van der Waals surface area (Å²) >= 11 is -0.193. The Morgan fingerprint density at radius 3 is 2.52 bits per heavy atom. The Morgan fingerprint density at radius 2 is 1.88 bits per heavy atom. The highest BCUT2D eigenvalue weighted by Crippen LogP contribution is 2.25. The molecule has 2 aromatic rings. The molecule has 0 aliphatic rings. The van der Waals surface area contributed by atoms with E-state index in [4.69, 9.17) is 0 Å².